The fraction of sp³-hybridized carbons (Fsp3) is 1.00. The van der Waals surface area contributed by atoms with Crippen molar-refractivity contribution in [3.05, 3.63) is 0 Å². The van der Waals surface area contributed by atoms with Gasteiger partial charge >= 0.3 is 6.18 Å². The quantitative estimate of drug-likeness (QED) is 0.736. The minimum atomic E-state index is -4.03. The molecule has 1 N–H and O–H groups in total. The second kappa shape index (κ2) is 6.78. The Morgan fingerprint density at radius 1 is 1.17 bits per heavy atom. The van der Waals surface area contributed by atoms with Crippen LogP contribution in [0.2, 0.25) is 0 Å². The minimum Gasteiger partial charge on any atom is -0.313 e. The van der Waals surface area contributed by atoms with Gasteiger partial charge in [-0.15, -0.1) is 0 Å². The Bertz CT molecular complexity index is 232. The van der Waals surface area contributed by atoms with Crippen molar-refractivity contribution in [3.63, 3.8) is 0 Å². The number of hydrogen-bond acceptors (Lipinski definition) is 1. The van der Waals surface area contributed by atoms with E-state index in [9.17, 15) is 13.2 Å². The zero-order valence-corrected chi connectivity index (χ0v) is 11.6. The van der Waals surface area contributed by atoms with Crippen LogP contribution in [0.4, 0.5) is 13.2 Å². The first kappa shape index (κ1) is 15.8. The highest BCUT2D eigenvalue weighted by molar-refractivity contribution is 4.90. The van der Waals surface area contributed by atoms with Gasteiger partial charge in [0.1, 0.15) is 0 Å². The summed E-state index contributed by atoms with van der Waals surface area (Å²) in [5.74, 6) is 0. The number of nitrogens with one attached hydrogen (secondary N) is 1. The molecule has 0 saturated heterocycles. The summed E-state index contributed by atoms with van der Waals surface area (Å²) in [5.41, 5.74) is 0.0542. The maximum Gasteiger partial charge on any atom is 0.389 e. The molecule has 4 heteroatoms. The predicted octanol–water partition coefficient (Wildman–Crippen LogP) is 4.67. The second-order valence-electron chi connectivity index (χ2n) is 5.88. The first-order valence-corrected chi connectivity index (χ1v) is 7.17. The van der Waals surface area contributed by atoms with Crippen molar-refractivity contribution in [1.29, 1.82) is 0 Å². The van der Waals surface area contributed by atoms with Gasteiger partial charge in [0.05, 0.1) is 0 Å². The summed E-state index contributed by atoms with van der Waals surface area (Å²) in [5, 5.41) is 3.35. The molecule has 0 radical (unpaired) electrons. The van der Waals surface area contributed by atoms with E-state index in [4.69, 9.17) is 0 Å². The standard InChI is InChI=1S/C14H26F3N/c1-3-11-18-12(7-10-14(15,16)17)13(2)8-5-4-6-9-13/h12,18H,3-11H2,1-2H3. The molecule has 1 saturated carbocycles. The topological polar surface area (TPSA) is 12.0 Å². The van der Waals surface area contributed by atoms with Crippen molar-refractivity contribution < 1.29 is 13.2 Å². The Balaban J connectivity index is 2.58. The summed E-state index contributed by atoms with van der Waals surface area (Å²) >= 11 is 0. The Morgan fingerprint density at radius 2 is 1.78 bits per heavy atom. The molecule has 0 aromatic carbocycles. The summed E-state index contributed by atoms with van der Waals surface area (Å²) < 4.78 is 37.2. The Kier molecular flexibility index (Phi) is 5.96. The molecule has 108 valence electrons. The lowest BCUT2D eigenvalue weighted by atomic mass is 9.69. The maximum atomic E-state index is 12.4. The molecule has 0 aliphatic heterocycles. The van der Waals surface area contributed by atoms with Crippen LogP contribution in [-0.2, 0) is 0 Å². The highest BCUT2D eigenvalue weighted by Crippen LogP contribution is 2.41. The number of halogens is 3. The van der Waals surface area contributed by atoms with Crippen LogP contribution in [-0.4, -0.2) is 18.8 Å². The number of rotatable bonds is 6. The largest absolute Gasteiger partial charge is 0.389 e. The summed E-state index contributed by atoms with van der Waals surface area (Å²) in [7, 11) is 0. The van der Waals surface area contributed by atoms with Crippen LogP contribution in [0.3, 0.4) is 0 Å². The average Bonchev–Trinajstić information content (AvgIpc) is 2.28. The third kappa shape index (κ3) is 5.17. The lowest BCUT2D eigenvalue weighted by molar-refractivity contribution is -0.138. The van der Waals surface area contributed by atoms with E-state index in [0.29, 0.717) is 0 Å². The summed E-state index contributed by atoms with van der Waals surface area (Å²) in [6, 6.07) is 0.0133. The first-order valence-electron chi connectivity index (χ1n) is 7.17. The van der Waals surface area contributed by atoms with Crippen molar-refractivity contribution in [2.45, 2.75) is 77.4 Å². The zero-order chi connectivity index (χ0) is 13.6. The average molecular weight is 265 g/mol. The van der Waals surface area contributed by atoms with E-state index in [2.05, 4.69) is 19.2 Å². The summed E-state index contributed by atoms with van der Waals surface area (Å²) in [4.78, 5) is 0. The highest BCUT2D eigenvalue weighted by atomic mass is 19.4. The van der Waals surface area contributed by atoms with E-state index in [0.717, 1.165) is 38.6 Å². The Labute approximate surface area is 109 Å². The molecule has 18 heavy (non-hydrogen) atoms. The highest BCUT2D eigenvalue weighted by Gasteiger charge is 2.37. The molecule has 0 amide bonds. The molecule has 1 unspecified atom stereocenters. The number of hydrogen-bond donors (Lipinski definition) is 1. The van der Waals surface area contributed by atoms with Crippen LogP contribution in [0, 0.1) is 5.41 Å². The van der Waals surface area contributed by atoms with Crippen LogP contribution in [0.5, 0.6) is 0 Å². The molecule has 1 fully saturated rings. The van der Waals surface area contributed by atoms with Crippen molar-refractivity contribution in [1.82, 2.24) is 5.32 Å². The van der Waals surface area contributed by atoms with Gasteiger partial charge in [-0.3, -0.25) is 0 Å². The van der Waals surface area contributed by atoms with Crippen molar-refractivity contribution in [2.75, 3.05) is 6.54 Å². The normalized spacial score (nSPS) is 21.8. The third-order valence-corrected chi connectivity index (χ3v) is 4.19. The molecule has 0 bridgehead atoms. The van der Waals surface area contributed by atoms with Gasteiger partial charge in [0, 0.05) is 12.5 Å². The molecular weight excluding hydrogens is 239 g/mol. The molecule has 1 rings (SSSR count). The molecule has 0 aromatic rings. The molecule has 0 spiro atoms. The van der Waals surface area contributed by atoms with E-state index in [-0.39, 0.29) is 17.9 Å². The van der Waals surface area contributed by atoms with Crippen molar-refractivity contribution in [3.8, 4) is 0 Å². The van der Waals surface area contributed by atoms with Crippen molar-refractivity contribution in [2.24, 2.45) is 5.41 Å². The van der Waals surface area contributed by atoms with Gasteiger partial charge in [0.25, 0.3) is 0 Å². The monoisotopic (exact) mass is 265 g/mol. The van der Waals surface area contributed by atoms with Gasteiger partial charge in [-0.2, -0.15) is 13.2 Å². The SMILES string of the molecule is CCCNC(CCC(F)(F)F)C1(C)CCCCC1. The summed E-state index contributed by atoms with van der Waals surface area (Å²) in [6.45, 7) is 5.03. The Morgan fingerprint density at radius 3 is 2.28 bits per heavy atom. The molecule has 0 aromatic heterocycles. The third-order valence-electron chi connectivity index (χ3n) is 4.19. The van der Waals surface area contributed by atoms with Crippen LogP contribution < -0.4 is 5.32 Å². The van der Waals surface area contributed by atoms with E-state index in [1.54, 1.807) is 0 Å². The minimum absolute atomic E-state index is 0.0133. The fourth-order valence-electron chi connectivity index (χ4n) is 3.03. The van der Waals surface area contributed by atoms with Crippen LogP contribution in [0.25, 0.3) is 0 Å². The molecule has 1 aliphatic carbocycles. The molecule has 0 heterocycles. The molecule has 1 atom stereocenters. The van der Waals surface area contributed by atoms with Crippen LogP contribution >= 0.6 is 0 Å². The van der Waals surface area contributed by atoms with E-state index in [1.165, 1.54) is 6.42 Å². The molecular formula is C14H26F3N. The lowest BCUT2D eigenvalue weighted by Crippen LogP contribution is -2.45. The first-order chi connectivity index (χ1) is 8.37. The molecule has 1 aliphatic rings. The lowest BCUT2D eigenvalue weighted by Gasteiger charge is -2.41. The van der Waals surface area contributed by atoms with E-state index >= 15 is 0 Å². The van der Waals surface area contributed by atoms with Gasteiger partial charge in [-0.25, -0.2) is 0 Å². The molecule has 1 nitrogen and oxygen atoms in total. The van der Waals surface area contributed by atoms with Crippen molar-refractivity contribution >= 4 is 0 Å². The van der Waals surface area contributed by atoms with Crippen LogP contribution in [0.1, 0.15) is 65.2 Å². The second-order valence-corrected chi connectivity index (χ2v) is 5.88. The van der Waals surface area contributed by atoms with Gasteiger partial charge < -0.3 is 5.32 Å². The predicted molar refractivity (Wildman–Crippen MR) is 68.6 cm³/mol. The van der Waals surface area contributed by atoms with Gasteiger partial charge in [-0.05, 0) is 37.6 Å². The van der Waals surface area contributed by atoms with E-state index in [1.807, 2.05) is 0 Å². The van der Waals surface area contributed by atoms with Crippen LogP contribution in [0.15, 0.2) is 0 Å². The number of alkyl halides is 3. The van der Waals surface area contributed by atoms with Gasteiger partial charge in [-0.1, -0.05) is 33.1 Å². The Hall–Kier alpha value is -0.250. The summed E-state index contributed by atoms with van der Waals surface area (Å²) in [6.07, 6.45) is 2.17. The maximum absolute atomic E-state index is 12.4. The van der Waals surface area contributed by atoms with Gasteiger partial charge in [0.15, 0.2) is 0 Å². The smallest absolute Gasteiger partial charge is 0.313 e. The van der Waals surface area contributed by atoms with E-state index < -0.39 is 12.6 Å². The van der Waals surface area contributed by atoms with Gasteiger partial charge in [0.2, 0.25) is 0 Å². The fourth-order valence-corrected chi connectivity index (χ4v) is 3.03. The zero-order valence-electron chi connectivity index (χ0n) is 11.6.